The molecule has 1 N–H and O–H groups in total. The molecule has 0 atom stereocenters. The lowest BCUT2D eigenvalue weighted by molar-refractivity contribution is -0.115. The van der Waals surface area contributed by atoms with Crippen molar-refractivity contribution < 1.29 is 4.79 Å². The Labute approximate surface area is 186 Å². The SMILES string of the molecule is Cc1ccc2c(c1)CCCN2CC(=O)Nc1ccc(-c2nc3ccc(C)cc3s2)cc1. The molecule has 4 nitrogen and oxygen atoms in total. The second kappa shape index (κ2) is 8.16. The first-order valence-electron chi connectivity index (χ1n) is 10.7. The summed E-state index contributed by atoms with van der Waals surface area (Å²) in [6.45, 7) is 5.50. The number of carbonyl (C=O) groups is 1. The molecule has 156 valence electrons. The van der Waals surface area contributed by atoms with Crippen LogP contribution in [0.3, 0.4) is 0 Å². The second-order valence-electron chi connectivity index (χ2n) is 8.27. The molecular formula is C26H25N3OS. The number of aromatic nitrogens is 1. The number of nitrogens with zero attached hydrogens (tertiary/aromatic N) is 2. The quantitative estimate of drug-likeness (QED) is 0.436. The van der Waals surface area contributed by atoms with Crippen LogP contribution in [0.1, 0.15) is 23.1 Å². The van der Waals surface area contributed by atoms with Gasteiger partial charge in [0.2, 0.25) is 5.91 Å². The van der Waals surface area contributed by atoms with Gasteiger partial charge in [-0.05, 0) is 80.3 Å². The minimum absolute atomic E-state index is 0.0108. The van der Waals surface area contributed by atoms with Gasteiger partial charge in [-0.25, -0.2) is 4.98 Å². The van der Waals surface area contributed by atoms with Crippen molar-refractivity contribution in [2.24, 2.45) is 0 Å². The van der Waals surface area contributed by atoms with Gasteiger partial charge in [0.25, 0.3) is 0 Å². The number of thiazole rings is 1. The van der Waals surface area contributed by atoms with Crippen LogP contribution in [0.2, 0.25) is 0 Å². The van der Waals surface area contributed by atoms with Gasteiger partial charge in [-0.1, -0.05) is 23.8 Å². The average molecular weight is 428 g/mol. The molecule has 0 saturated heterocycles. The molecule has 0 unspecified atom stereocenters. The van der Waals surface area contributed by atoms with E-state index in [0.29, 0.717) is 6.54 Å². The minimum Gasteiger partial charge on any atom is -0.362 e. The Hall–Kier alpha value is -3.18. The molecule has 4 aromatic rings. The molecule has 0 spiro atoms. The van der Waals surface area contributed by atoms with Crippen LogP contribution in [0.15, 0.2) is 60.7 Å². The predicted octanol–water partition coefficient (Wildman–Crippen LogP) is 5.97. The van der Waals surface area contributed by atoms with Crippen LogP contribution in [0, 0.1) is 13.8 Å². The number of carbonyl (C=O) groups excluding carboxylic acids is 1. The van der Waals surface area contributed by atoms with Crippen LogP contribution in [-0.4, -0.2) is 24.0 Å². The average Bonchev–Trinajstić information content (AvgIpc) is 3.17. The number of hydrogen-bond donors (Lipinski definition) is 1. The summed E-state index contributed by atoms with van der Waals surface area (Å²) in [4.78, 5) is 19.6. The number of rotatable bonds is 4. The molecule has 5 heteroatoms. The maximum Gasteiger partial charge on any atom is 0.243 e. The third-order valence-corrected chi connectivity index (χ3v) is 6.81. The molecule has 5 rings (SSSR count). The van der Waals surface area contributed by atoms with Crippen molar-refractivity contribution in [1.29, 1.82) is 0 Å². The number of benzene rings is 3. The summed E-state index contributed by atoms with van der Waals surface area (Å²) < 4.78 is 1.20. The molecule has 0 saturated carbocycles. The van der Waals surface area contributed by atoms with Gasteiger partial charge in [0, 0.05) is 23.5 Å². The van der Waals surface area contributed by atoms with Gasteiger partial charge in [-0.2, -0.15) is 0 Å². The topological polar surface area (TPSA) is 45.2 Å². The summed E-state index contributed by atoms with van der Waals surface area (Å²) in [7, 11) is 0. The van der Waals surface area contributed by atoms with Crippen LogP contribution < -0.4 is 10.2 Å². The molecule has 1 amide bonds. The fraction of sp³-hybridized carbons (Fsp3) is 0.231. The minimum atomic E-state index is 0.0108. The van der Waals surface area contributed by atoms with Gasteiger partial charge < -0.3 is 10.2 Å². The lowest BCUT2D eigenvalue weighted by Crippen LogP contribution is -2.36. The van der Waals surface area contributed by atoms with E-state index in [-0.39, 0.29) is 5.91 Å². The zero-order valence-corrected chi connectivity index (χ0v) is 18.6. The van der Waals surface area contributed by atoms with Crippen molar-refractivity contribution in [3.63, 3.8) is 0 Å². The van der Waals surface area contributed by atoms with Crippen molar-refractivity contribution in [1.82, 2.24) is 4.98 Å². The second-order valence-corrected chi connectivity index (χ2v) is 9.30. The highest BCUT2D eigenvalue weighted by Crippen LogP contribution is 2.31. The molecule has 31 heavy (non-hydrogen) atoms. The van der Waals surface area contributed by atoms with Gasteiger partial charge in [-0.15, -0.1) is 11.3 Å². The summed E-state index contributed by atoms with van der Waals surface area (Å²) >= 11 is 1.70. The smallest absolute Gasteiger partial charge is 0.243 e. The summed E-state index contributed by atoms with van der Waals surface area (Å²) in [6.07, 6.45) is 2.17. The molecule has 3 aromatic carbocycles. The van der Waals surface area contributed by atoms with E-state index >= 15 is 0 Å². The van der Waals surface area contributed by atoms with Crippen LogP contribution in [0.5, 0.6) is 0 Å². The van der Waals surface area contributed by atoms with Crippen molar-refractivity contribution in [3.8, 4) is 10.6 Å². The Kier molecular flexibility index (Phi) is 5.20. The number of aryl methyl sites for hydroxylation is 3. The first kappa shape index (κ1) is 19.8. The summed E-state index contributed by atoms with van der Waals surface area (Å²) in [5, 5.41) is 4.05. The van der Waals surface area contributed by atoms with Crippen molar-refractivity contribution in [2.75, 3.05) is 23.3 Å². The monoisotopic (exact) mass is 427 g/mol. The first-order chi connectivity index (χ1) is 15.0. The number of amides is 1. The fourth-order valence-electron chi connectivity index (χ4n) is 4.19. The van der Waals surface area contributed by atoms with Crippen LogP contribution in [0.25, 0.3) is 20.8 Å². The third kappa shape index (κ3) is 4.19. The van der Waals surface area contributed by atoms with E-state index < -0.39 is 0 Å². The number of nitrogens with one attached hydrogen (secondary N) is 1. The number of anilines is 2. The van der Waals surface area contributed by atoms with Crippen molar-refractivity contribution in [2.45, 2.75) is 26.7 Å². The summed E-state index contributed by atoms with van der Waals surface area (Å²) in [5.41, 5.74) is 7.95. The van der Waals surface area contributed by atoms with Gasteiger partial charge in [-0.3, -0.25) is 4.79 Å². The zero-order valence-electron chi connectivity index (χ0n) is 17.8. The standard InChI is InChI=1S/C26H25N3OS/c1-17-6-12-23-20(14-17)4-3-13-29(23)16-25(30)27-21-9-7-19(8-10-21)26-28-22-11-5-18(2)15-24(22)31-26/h5-12,14-15H,3-4,13,16H2,1-2H3,(H,27,30). The van der Waals surface area contributed by atoms with E-state index in [9.17, 15) is 4.79 Å². The third-order valence-electron chi connectivity index (χ3n) is 5.74. The largest absolute Gasteiger partial charge is 0.362 e. The molecule has 1 aromatic heterocycles. The Morgan fingerprint density at radius 3 is 2.65 bits per heavy atom. The molecule has 0 aliphatic carbocycles. The van der Waals surface area contributed by atoms with E-state index in [4.69, 9.17) is 4.98 Å². The lowest BCUT2D eigenvalue weighted by Gasteiger charge is -2.31. The Morgan fingerprint density at radius 1 is 1.03 bits per heavy atom. The first-order valence-corrected chi connectivity index (χ1v) is 11.5. The van der Waals surface area contributed by atoms with E-state index in [2.05, 4.69) is 60.5 Å². The molecule has 0 bridgehead atoms. The normalized spacial score (nSPS) is 13.3. The molecular weight excluding hydrogens is 402 g/mol. The molecule has 1 aliphatic heterocycles. The molecule has 1 aliphatic rings. The van der Waals surface area contributed by atoms with Crippen LogP contribution >= 0.6 is 11.3 Å². The van der Waals surface area contributed by atoms with Crippen LogP contribution in [-0.2, 0) is 11.2 Å². The highest BCUT2D eigenvalue weighted by molar-refractivity contribution is 7.21. The summed E-state index contributed by atoms with van der Waals surface area (Å²) in [5.74, 6) is 0.0108. The highest BCUT2D eigenvalue weighted by atomic mass is 32.1. The van der Waals surface area contributed by atoms with E-state index in [1.807, 2.05) is 24.3 Å². The highest BCUT2D eigenvalue weighted by Gasteiger charge is 2.19. The van der Waals surface area contributed by atoms with Crippen molar-refractivity contribution >= 4 is 38.8 Å². The van der Waals surface area contributed by atoms with Gasteiger partial charge in [0.15, 0.2) is 0 Å². The lowest BCUT2D eigenvalue weighted by atomic mass is 9.99. The maximum absolute atomic E-state index is 12.7. The van der Waals surface area contributed by atoms with Gasteiger partial charge in [0.05, 0.1) is 16.8 Å². The predicted molar refractivity (Wildman–Crippen MR) is 130 cm³/mol. The molecule has 0 fully saturated rings. The fourth-order valence-corrected chi connectivity index (χ4v) is 5.26. The molecule has 0 radical (unpaired) electrons. The maximum atomic E-state index is 12.7. The Balaban J connectivity index is 1.27. The number of fused-ring (bicyclic) bond motifs is 2. The Bertz CT molecular complexity index is 1260. The Morgan fingerprint density at radius 2 is 1.81 bits per heavy atom. The zero-order chi connectivity index (χ0) is 21.4. The van der Waals surface area contributed by atoms with E-state index in [0.717, 1.165) is 41.2 Å². The van der Waals surface area contributed by atoms with Gasteiger partial charge in [0.1, 0.15) is 5.01 Å². The van der Waals surface area contributed by atoms with Crippen LogP contribution in [0.4, 0.5) is 11.4 Å². The van der Waals surface area contributed by atoms with E-state index in [1.165, 1.54) is 27.1 Å². The summed E-state index contributed by atoms with van der Waals surface area (Å²) in [6, 6.07) is 20.8. The molecule has 2 heterocycles. The van der Waals surface area contributed by atoms with Gasteiger partial charge >= 0.3 is 0 Å². The van der Waals surface area contributed by atoms with Crippen molar-refractivity contribution in [3.05, 3.63) is 77.4 Å². The number of hydrogen-bond acceptors (Lipinski definition) is 4. The van der Waals surface area contributed by atoms with E-state index in [1.54, 1.807) is 11.3 Å².